The molecule has 0 aliphatic heterocycles. The van der Waals surface area contributed by atoms with Crippen molar-refractivity contribution in [3.63, 3.8) is 0 Å². The van der Waals surface area contributed by atoms with Gasteiger partial charge in [0.05, 0.1) is 24.7 Å². The van der Waals surface area contributed by atoms with Crippen LogP contribution in [0.3, 0.4) is 0 Å². The molecule has 0 atom stereocenters. The fourth-order valence-electron chi connectivity index (χ4n) is 2.44. The van der Waals surface area contributed by atoms with Crippen LogP contribution in [-0.2, 0) is 6.42 Å². The summed E-state index contributed by atoms with van der Waals surface area (Å²) in [6.45, 7) is 1.07. The van der Waals surface area contributed by atoms with Crippen molar-refractivity contribution in [2.75, 3.05) is 18.2 Å². The minimum absolute atomic E-state index is 0.396. The third kappa shape index (κ3) is 4.43. The fourth-order valence-corrected chi connectivity index (χ4v) is 2.80. The molecule has 6 nitrogen and oxygen atoms in total. The lowest BCUT2D eigenvalue weighted by molar-refractivity contribution is 0.319. The summed E-state index contributed by atoms with van der Waals surface area (Å²) in [6, 6.07) is 15.7. The predicted molar refractivity (Wildman–Crippen MR) is 105 cm³/mol. The molecule has 8 heteroatoms. The third-order valence-electron chi connectivity index (χ3n) is 3.80. The first-order chi connectivity index (χ1) is 12.7. The van der Waals surface area contributed by atoms with E-state index in [0.29, 0.717) is 19.6 Å². The first kappa shape index (κ1) is 18.0. The number of hydrogen-bond donors (Lipinski definition) is 0. The van der Waals surface area contributed by atoms with Gasteiger partial charge in [0, 0.05) is 4.47 Å². The smallest absolute Gasteiger partial charge is 0.139 e. The van der Waals surface area contributed by atoms with Crippen molar-refractivity contribution in [3.8, 4) is 11.8 Å². The van der Waals surface area contributed by atoms with Crippen LogP contribution in [0, 0.1) is 11.3 Å². The average molecular weight is 409 g/mol. The number of nitrogens with zero attached hydrogens (tertiary/aromatic N) is 5. The maximum absolute atomic E-state index is 8.80. The van der Waals surface area contributed by atoms with E-state index in [2.05, 4.69) is 40.0 Å². The first-order valence-electron chi connectivity index (χ1n) is 8.00. The zero-order valence-corrected chi connectivity index (χ0v) is 15.6. The molecule has 1 heterocycles. The van der Waals surface area contributed by atoms with Crippen molar-refractivity contribution in [1.82, 2.24) is 14.9 Å². The lowest BCUT2D eigenvalue weighted by atomic mass is 9.97. The van der Waals surface area contributed by atoms with Crippen molar-refractivity contribution in [2.24, 2.45) is 0 Å². The maximum atomic E-state index is 8.80. The summed E-state index contributed by atoms with van der Waals surface area (Å²) in [5.74, 6) is 0.775. The second kappa shape index (κ2) is 8.54. The Balaban J connectivity index is 1.71. The molecule has 0 bridgehead atoms. The van der Waals surface area contributed by atoms with Gasteiger partial charge in [0.15, 0.2) is 0 Å². The van der Waals surface area contributed by atoms with Crippen LogP contribution in [0.5, 0.6) is 5.75 Å². The van der Waals surface area contributed by atoms with Crippen molar-refractivity contribution in [3.05, 3.63) is 65.2 Å². The van der Waals surface area contributed by atoms with E-state index in [1.54, 1.807) is 17.3 Å². The third-order valence-corrected chi connectivity index (χ3v) is 4.54. The SMILES string of the molecule is [BH]c1ccc(OCCN(c2ccc(CC#N)cc2)n2cnnc2)cc1Br. The molecule has 1 radical (unpaired) electrons. The number of nitriles is 1. The molecule has 0 aliphatic rings. The lowest BCUT2D eigenvalue weighted by Crippen LogP contribution is -2.32. The average Bonchev–Trinajstić information content (AvgIpc) is 3.17. The van der Waals surface area contributed by atoms with Gasteiger partial charge in [-0.05, 0) is 29.8 Å². The highest BCUT2D eigenvalue weighted by Gasteiger charge is 2.10. The summed E-state index contributed by atoms with van der Waals surface area (Å²) >= 11 is 3.46. The number of benzene rings is 2. The second-order valence-electron chi connectivity index (χ2n) is 5.57. The molecule has 0 N–H and O–H groups in total. The Morgan fingerprint density at radius 1 is 1.15 bits per heavy atom. The van der Waals surface area contributed by atoms with Crippen LogP contribution in [0.4, 0.5) is 5.69 Å². The molecule has 2 aromatic carbocycles. The van der Waals surface area contributed by atoms with Gasteiger partial charge in [0.2, 0.25) is 0 Å². The molecule has 0 unspecified atom stereocenters. The van der Waals surface area contributed by atoms with E-state index in [0.717, 1.165) is 26.9 Å². The van der Waals surface area contributed by atoms with E-state index in [4.69, 9.17) is 10.00 Å². The monoisotopic (exact) mass is 408 g/mol. The highest BCUT2D eigenvalue weighted by molar-refractivity contribution is 9.10. The van der Waals surface area contributed by atoms with Gasteiger partial charge in [-0.2, -0.15) is 5.26 Å². The zero-order valence-electron chi connectivity index (χ0n) is 14.0. The van der Waals surface area contributed by atoms with Gasteiger partial charge in [-0.3, -0.25) is 5.01 Å². The highest BCUT2D eigenvalue weighted by Crippen LogP contribution is 2.18. The number of anilines is 1. The Hall–Kier alpha value is -2.79. The highest BCUT2D eigenvalue weighted by atomic mass is 79.9. The molecule has 0 fully saturated rings. The van der Waals surface area contributed by atoms with Crippen LogP contribution in [0.1, 0.15) is 5.56 Å². The minimum atomic E-state index is 0.396. The number of rotatable bonds is 7. The Morgan fingerprint density at radius 3 is 2.54 bits per heavy atom. The van der Waals surface area contributed by atoms with Gasteiger partial charge in [-0.1, -0.05) is 39.6 Å². The molecule has 3 aromatic rings. The first-order valence-corrected chi connectivity index (χ1v) is 8.79. The second-order valence-corrected chi connectivity index (χ2v) is 6.42. The summed E-state index contributed by atoms with van der Waals surface area (Å²) in [4.78, 5) is 0. The molecular weight excluding hydrogens is 393 g/mol. The Bertz CT molecular complexity index is 893. The molecule has 0 saturated heterocycles. The summed E-state index contributed by atoms with van der Waals surface area (Å²) in [7, 11) is 3.92. The normalized spacial score (nSPS) is 10.3. The Kier molecular flexibility index (Phi) is 5.92. The van der Waals surface area contributed by atoms with Crippen LogP contribution in [-0.4, -0.2) is 35.9 Å². The van der Waals surface area contributed by atoms with Gasteiger partial charge in [-0.25, -0.2) is 4.68 Å². The van der Waals surface area contributed by atoms with Crippen LogP contribution in [0.15, 0.2) is 59.6 Å². The van der Waals surface area contributed by atoms with Gasteiger partial charge >= 0.3 is 0 Å². The van der Waals surface area contributed by atoms with Crippen molar-refractivity contribution in [1.29, 1.82) is 5.26 Å². The van der Waals surface area contributed by atoms with E-state index >= 15 is 0 Å². The minimum Gasteiger partial charge on any atom is -0.492 e. The molecule has 0 amide bonds. The molecule has 0 spiro atoms. The zero-order chi connectivity index (χ0) is 18.4. The molecule has 0 saturated carbocycles. The molecule has 0 aliphatic carbocycles. The van der Waals surface area contributed by atoms with Gasteiger partial charge in [-0.15, -0.1) is 10.2 Å². The molecule has 129 valence electrons. The Morgan fingerprint density at radius 2 is 1.88 bits per heavy atom. The predicted octanol–water partition coefficient (Wildman–Crippen LogP) is 1.98. The molecule has 26 heavy (non-hydrogen) atoms. The van der Waals surface area contributed by atoms with Crippen LogP contribution in [0.25, 0.3) is 0 Å². The fraction of sp³-hybridized carbons (Fsp3) is 0.167. The van der Waals surface area contributed by atoms with E-state index < -0.39 is 0 Å². The standard InChI is InChI=1S/C18H16BBrN5O/c19-17-6-5-16(11-18(17)20)26-10-9-25(24-12-22-23-13-24)15-3-1-14(2-4-15)7-8-21/h1-6,11-13,19H,7,9-10H2. The number of ether oxygens (including phenoxy) is 1. The van der Waals surface area contributed by atoms with Crippen LogP contribution >= 0.6 is 15.9 Å². The van der Waals surface area contributed by atoms with Crippen LogP contribution < -0.4 is 15.2 Å². The number of hydrogen-bond acceptors (Lipinski definition) is 5. The van der Waals surface area contributed by atoms with E-state index in [9.17, 15) is 0 Å². The maximum Gasteiger partial charge on any atom is 0.139 e. The lowest BCUT2D eigenvalue weighted by Gasteiger charge is -2.25. The summed E-state index contributed by atoms with van der Waals surface area (Å²) in [6.07, 6.45) is 3.67. The van der Waals surface area contributed by atoms with E-state index in [1.807, 2.05) is 47.5 Å². The number of halogens is 1. The summed E-state index contributed by atoms with van der Waals surface area (Å²) in [5, 5.41) is 18.6. The molecule has 3 rings (SSSR count). The molecule has 1 aromatic heterocycles. The Labute approximate surface area is 161 Å². The topological polar surface area (TPSA) is 67.0 Å². The summed E-state index contributed by atoms with van der Waals surface area (Å²) < 4.78 is 8.58. The van der Waals surface area contributed by atoms with E-state index in [-0.39, 0.29) is 0 Å². The van der Waals surface area contributed by atoms with Crippen molar-refractivity contribution in [2.45, 2.75) is 6.42 Å². The van der Waals surface area contributed by atoms with Crippen LogP contribution in [0.2, 0.25) is 0 Å². The molecular formula is C18H16BBrN5O. The summed E-state index contributed by atoms with van der Waals surface area (Å²) in [5.41, 5.74) is 2.86. The van der Waals surface area contributed by atoms with Gasteiger partial charge in [0.25, 0.3) is 0 Å². The quantitative estimate of drug-likeness (QED) is 0.559. The van der Waals surface area contributed by atoms with E-state index in [1.165, 1.54) is 0 Å². The van der Waals surface area contributed by atoms with Crippen molar-refractivity contribution < 1.29 is 4.74 Å². The number of aromatic nitrogens is 3. The largest absolute Gasteiger partial charge is 0.492 e. The van der Waals surface area contributed by atoms with Gasteiger partial charge in [0.1, 0.15) is 32.9 Å². The van der Waals surface area contributed by atoms with Gasteiger partial charge < -0.3 is 4.74 Å². The van der Waals surface area contributed by atoms with Crippen molar-refractivity contribution >= 4 is 34.9 Å².